The Morgan fingerprint density at radius 2 is 2.24 bits per heavy atom. The van der Waals surface area contributed by atoms with Crippen LogP contribution in [0.1, 0.15) is 4.88 Å². The fourth-order valence-electron chi connectivity index (χ4n) is 1.40. The van der Waals surface area contributed by atoms with Gasteiger partial charge in [-0.2, -0.15) is 0 Å². The fourth-order valence-corrected chi connectivity index (χ4v) is 2.21. The molecule has 0 aliphatic rings. The van der Waals surface area contributed by atoms with E-state index in [1.54, 1.807) is 23.5 Å². The van der Waals surface area contributed by atoms with Crippen molar-refractivity contribution in [1.29, 1.82) is 0 Å². The molecule has 0 fully saturated rings. The quantitative estimate of drug-likeness (QED) is 0.675. The van der Waals surface area contributed by atoms with Crippen LogP contribution in [0, 0.1) is 10.1 Å². The summed E-state index contributed by atoms with van der Waals surface area (Å²) in [5.74, 6) is 0. The van der Waals surface area contributed by atoms with Crippen LogP contribution in [0.3, 0.4) is 0 Å². The molecule has 17 heavy (non-hydrogen) atoms. The number of hydrogen-bond acceptors (Lipinski definition) is 4. The Bertz CT molecular complexity index is 528. The predicted octanol–water partition coefficient (Wildman–Crippen LogP) is 3.92. The summed E-state index contributed by atoms with van der Waals surface area (Å²) in [6, 6.07) is 8.51. The highest BCUT2D eigenvalue weighted by atomic mass is 35.5. The second kappa shape index (κ2) is 5.16. The molecule has 0 aliphatic heterocycles. The Morgan fingerprint density at radius 1 is 1.41 bits per heavy atom. The van der Waals surface area contributed by atoms with E-state index in [-0.39, 0.29) is 5.69 Å². The van der Waals surface area contributed by atoms with Crippen molar-refractivity contribution < 1.29 is 4.92 Å². The summed E-state index contributed by atoms with van der Waals surface area (Å²) in [5.41, 5.74) is 0.474. The zero-order valence-corrected chi connectivity index (χ0v) is 10.3. The average molecular weight is 269 g/mol. The van der Waals surface area contributed by atoms with Crippen LogP contribution in [-0.2, 0) is 6.54 Å². The van der Waals surface area contributed by atoms with Gasteiger partial charge >= 0.3 is 0 Å². The van der Waals surface area contributed by atoms with Gasteiger partial charge in [-0.05, 0) is 23.6 Å². The number of nitrogens with one attached hydrogen (secondary N) is 1. The lowest BCUT2D eigenvalue weighted by Crippen LogP contribution is -2.01. The molecule has 1 heterocycles. The van der Waals surface area contributed by atoms with Crippen LogP contribution >= 0.6 is 22.9 Å². The standard InChI is InChI=1S/C11H9ClN2O2S/c12-8-3-4-10(11(6-8)14(15)16)13-7-9-2-1-5-17-9/h1-6,13H,7H2. The molecule has 0 saturated heterocycles. The topological polar surface area (TPSA) is 55.2 Å². The number of nitro benzene ring substituents is 1. The van der Waals surface area contributed by atoms with E-state index in [0.29, 0.717) is 17.3 Å². The minimum Gasteiger partial charge on any atom is -0.375 e. The predicted molar refractivity (Wildman–Crippen MR) is 69.8 cm³/mol. The number of halogens is 1. The summed E-state index contributed by atoms with van der Waals surface area (Å²) in [6.07, 6.45) is 0. The first-order valence-corrected chi connectivity index (χ1v) is 6.13. The highest BCUT2D eigenvalue weighted by molar-refractivity contribution is 7.09. The van der Waals surface area contributed by atoms with Gasteiger partial charge in [0.1, 0.15) is 5.69 Å². The first-order valence-electron chi connectivity index (χ1n) is 4.87. The lowest BCUT2D eigenvalue weighted by molar-refractivity contribution is -0.383. The van der Waals surface area contributed by atoms with Crippen LogP contribution in [0.4, 0.5) is 11.4 Å². The molecule has 1 aromatic heterocycles. The second-order valence-electron chi connectivity index (χ2n) is 3.35. The third-order valence-corrected chi connectivity index (χ3v) is 3.30. The Labute approximate surface area is 107 Å². The van der Waals surface area contributed by atoms with E-state index in [0.717, 1.165) is 4.88 Å². The van der Waals surface area contributed by atoms with Crippen molar-refractivity contribution in [3.8, 4) is 0 Å². The zero-order valence-electron chi connectivity index (χ0n) is 8.72. The average Bonchev–Trinajstić information content (AvgIpc) is 2.80. The van der Waals surface area contributed by atoms with Gasteiger partial charge in [-0.15, -0.1) is 11.3 Å². The Hall–Kier alpha value is -1.59. The molecule has 0 unspecified atom stereocenters. The Kier molecular flexibility index (Phi) is 3.61. The summed E-state index contributed by atoms with van der Waals surface area (Å²) in [6.45, 7) is 0.570. The third kappa shape index (κ3) is 2.95. The molecule has 0 bridgehead atoms. The molecule has 0 amide bonds. The maximum atomic E-state index is 10.8. The molecular weight excluding hydrogens is 260 g/mol. The van der Waals surface area contributed by atoms with Gasteiger partial charge in [-0.1, -0.05) is 17.7 Å². The summed E-state index contributed by atoms with van der Waals surface area (Å²) in [5, 5.41) is 16.2. The van der Waals surface area contributed by atoms with Crippen molar-refractivity contribution in [3.05, 3.63) is 55.7 Å². The number of nitro groups is 1. The van der Waals surface area contributed by atoms with E-state index < -0.39 is 4.92 Å². The molecule has 0 atom stereocenters. The van der Waals surface area contributed by atoms with Crippen LogP contribution in [0.15, 0.2) is 35.7 Å². The lowest BCUT2D eigenvalue weighted by atomic mass is 10.2. The minimum absolute atomic E-state index is 0.00550. The van der Waals surface area contributed by atoms with Crippen LogP contribution in [-0.4, -0.2) is 4.92 Å². The number of thiophene rings is 1. The maximum absolute atomic E-state index is 10.8. The van der Waals surface area contributed by atoms with Gasteiger partial charge in [0.2, 0.25) is 0 Å². The van der Waals surface area contributed by atoms with Crippen molar-refractivity contribution in [2.24, 2.45) is 0 Å². The first kappa shape index (κ1) is 11.9. The van der Waals surface area contributed by atoms with Crippen LogP contribution in [0.2, 0.25) is 5.02 Å². The number of anilines is 1. The van der Waals surface area contributed by atoms with Crippen molar-refractivity contribution in [2.75, 3.05) is 5.32 Å². The van der Waals surface area contributed by atoms with Crippen molar-refractivity contribution in [3.63, 3.8) is 0 Å². The van der Waals surface area contributed by atoms with Crippen LogP contribution in [0.25, 0.3) is 0 Å². The van der Waals surface area contributed by atoms with E-state index in [1.165, 1.54) is 6.07 Å². The first-order chi connectivity index (χ1) is 8.16. The van der Waals surface area contributed by atoms with Crippen molar-refractivity contribution in [2.45, 2.75) is 6.54 Å². The summed E-state index contributed by atoms with van der Waals surface area (Å²) >= 11 is 7.33. The van der Waals surface area contributed by atoms with Gasteiger partial charge < -0.3 is 5.32 Å². The van der Waals surface area contributed by atoms with E-state index in [9.17, 15) is 10.1 Å². The molecule has 2 aromatic rings. The van der Waals surface area contributed by atoms with E-state index in [2.05, 4.69) is 5.32 Å². The largest absolute Gasteiger partial charge is 0.375 e. The summed E-state index contributed by atoms with van der Waals surface area (Å²) in [7, 11) is 0. The Morgan fingerprint density at radius 3 is 2.88 bits per heavy atom. The van der Waals surface area contributed by atoms with E-state index in [1.807, 2.05) is 17.5 Å². The molecule has 6 heteroatoms. The van der Waals surface area contributed by atoms with Crippen LogP contribution in [0.5, 0.6) is 0 Å². The number of benzene rings is 1. The molecule has 0 spiro atoms. The molecule has 0 aliphatic carbocycles. The highest BCUT2D eigenvalue weighted by Crippen LogP contribution is 2.28. The van der Waals surface area contributed by atoms with Crippen LogP contribution < -0.4 is 5.32 Å². The van der Waals surface area contributed by atoms with E-state index in [4.69, 9.17) is 11.6 Å². The van der Waals surface area contributed by atoms with Crippen molar-refractivity contribution >= 4 is 34.3 Å². The molecule has 88 valence electrons. The zero-order chi connectivity index (χ0) is 12.3. The molecule has 4 nitrogen and oxygen atoms in total. The smallest absolute Gasteiger partial charge is 0.293 e. The molecule has 2 rings (SSSR count). The van der Waals surface area contributed by atoms with Gasteiger partial charge in [-0.25, -0.2) is 0 Å². The molecule has 1 aromatic carbocycles. The molecule has 1 N–H and O–H groups in total. The summed E-state index contributed by atoms with van der Waals surface area (Å²) < 4.78 is 0. The summed E-state index contributed by atoms with van der Waals surface area (Å²) in [4.78, 5) is 11.5. The van der Waals surface area contributed by atoms with Gasteiger partial charge in [0.05, 0.1) is 4.92 Å². The van der Waals surface area contributed by atoms with Gasteiger partial charge in [0.15, 0.2) is 0 Å². The minimum atomic E-state index is -0.442. The highest BCUT2D eigenvalue weighted by Gasteiger charge is 2.13. The van der Waals surface area contributed by atoms with E-state index >= 15 is 0 Å². The Balaban J connectivity index is 2.17. The van der Waals surface area contributed by atoms with Gasteiger partial charge in [0, 0.05) is 22.5 Å². The molecule has 0 saturated carbocycles. The second-order valence-corrected chi connectivity index (χ2v) is 4.82. The van der Waals surface area contributed by atoms with Crippen molar-refractivity contribution in [1.82, 2.24) is 0 Å². The molecular formula is C11H9ClN2O2S. The maximum Gasteiger partial charge on any atom is 0.293 e. The fraction of sp³-hybridized carbons (Fsp3) is 0.0909. The third-order valence-electron chi connectivity index (χ3n) is 2.19. The van der Waals surface area contributed by atoms with Gasteiger partial charge in [0.25, 0.3) is 5.69 Å². The lowest BCUT2D eigenvalue weighted by Gasteiger charge is -2.05. The number of rotatable bonds is 4. The normalized spacial score (nSPS) is 10.2. The number of nitrogens with zero attached hydrogens (tertiary/aromatic N) is 1. The monoisotopic (exact) mass is 268 g/mol. The number of hydrogen-bond donors (Lipinski definition) is 1. The molecule has 0 radical (unpaired) electrons. The SMILES string of the molecule is O=[N+]([O-])c1cc(Cl)ccc1NCc1cccs1. The van der Waals surface area contributed by atoms with Gasteiger partial charge in [-0.3, -0.25) is 10.1 Å².